The lowest BCUT2D eigenvalue weighted by molar-refractivity contribution is 0.317. The molecule has 0 atom stereocenters. The molecule has 0 bridgehead atoms. The van der Waals surface area contributed by atoms with Gasteiger partial charge < -0.3 is 15.4 Å². The third kappa shape index (κ3) is 6.11. The maximum atomic E-state index is 5.86. The molecule has 1 aliphatic carbocycles. The third-order valence-corrected chi connectivity index (χ3v) is 3.53. The summed E-state index contributed by atoms with van der Waals surface area (Å²) in [5.41, 5.74) is 2.36. The molecule has 118 valence electrons. The van der Waals surface area contributed by atoms with E-state index < -0.39 is 0 Å². The van der Waals surface area contributed by atoms with Crippen LogP contribution in [-0.2, 0) is 0 Å². The average molecular weight is 403 g/mol. The number of halogens is 1. The minimum Gasteiger partial charge on any atom is -0.491 e. The van der Waals surface area contributed by atoms with Gasteiger partial charge in [-0.05, 0) is 43.7 Å². The summed E-state index contributed by atoms with van der Waals surface area (Å²) in [7, 11) is 1.80. The third-order valence-electron chi connectivity index (χ3n) is 3.53. The second kappa shape index (κ2) is 9.12. The van der Waals surface area contributed by atoms with Crippen LogP contribution >= 0.6 is 24.0 Å². The zero-order valence-corrected chi connectivity index (χ0v) is 15.4. The maximum absolute atomic E-state index is 5.86. The fraction of sp³-hybridized carbons (Fsp3) is 0.562. The van der Waals surface area contributed by atoms with Crippen LogP contribution in [0.1, 0.15) is 24.0 Å². The van der Waals surface area contributed by atoms with Crippen LogP contribution in [0.4, 0.5) is 0 Å². The highest BCUT2D eigenvalue weighted by Crippen LogP contribution is 2.27. The molecule has 0 radical (unpaired) electrons. The van der Waals surface area contributed by atoms with Gasteiger partial charge in [-0.3, -0.25) is 4.99 Å². The Kier molecular flexibility index (Phi) is 7.85. The fourth-order valence-corrected chi connectivity index (χ4v) is 2.13. The van der Waals surface area contributed by atoms with E-state index >= 15 is 0 Å². The first-order valence-corrected chi connectivity index (χ1v) is 7.34. The molecule has 0 amide bonds. The van der Waals surface area contributed by atoms with Gasteiger partial charge in [-0.25, -0.2) is 0 Å². The summed E-state index contributed by atoms with van der Waals surface area (Å²) in [5.74, 6) is 2.71. The van der Waals surface area contributed by atoms with Gasteiger partial charge in [0.05, 0.1) is 6.54 Å². The van der Waals surface area contributed by atoms with Gasteiger partial charge in [-0.15, -0.1) is 24.0 Å². The van der Waals surface area contributed by atoms with Crippen LogP contribution in [0.5, 0.6) is 5.75 Å². The lowest BCUT2D eigenvalue weighted by Gasteiger charge is -2.14. The Hall–Kier alpha value is -0.980. The Morgan fingerprint density at radius 1 is 1.24 bits per heavy atom. The summed E-state index contributed by atoms with van der Waals surface area (Å²) < 4.78 is 5.86. The van der Waals surface area contributed by atoms with E-state index in [9.17, 15) is 0 Å². The van der Waals surface area contributed by atoms with Crippen molar-refractivity contribution in [3.63, 3.8) is 0 Å². The van der Waals surface area contributed by atoms with Gasteiger partial charge in [0, 0.05) is 13.6 Å². The summed E-state index contributed by atoms with van der Waals surface area (Å²) in [4.78, 5) is 4.21. The summed E-state index contributed by atoms with van der Waals surface area (Å²) >= 11 is 0. The highest BCUT2D eigenvalue weighted by molar-refractivity contribution is 14.0. The molecule has 0 aliphatic heterocycles. The van der Waals surface area contributed by atoms with Gasteiger partial charge in [0.2, 0.25) is 0 Å². The fourth-order valence-electron chi connectivity index (χ4n) is 2.13. The second-order valence-electron chi connectivity index (χ2n) is 5.39. The molecule has 0 saturated heterocycles. The number of para-hydroxylation sites is 1. The first kappa shape index (κ1) is 18.1. The molecule has 1 aromatic carbocycles. The highest BCUT2D eigenvalue weighted by atomic mass is 127. The van der Waals surface area contributed by atoms with E-state index in [-0.39, 0.29) is 24.0 Å². The van der Waals surface area contributed by atoms with Crippen molar-refractivity contribution in [3.05, 3.63) is 29.3 Å². The van der Waals surface area contributed by atoms with E-state index in [1.807, 2.05) is 0 Å². The molecule has 0 aromatic heterocycles. The van der Waals surface area contributed by atoms with Crippen molar-refractivity contribution in [1.29, 1.82) is 0 Å². The van der Waals surface area contributed by atoms with E-state index in [4.69, 9.17) is 4.74 Å². The quantitative estimate of drug-likeness (QED) is 0.332. The number of nitrogens with zero attached hydrogens (tertiary/aromatic N) is 1. The largest absolute Gasteiger partial charge is 0.491 e. The Labute approximate surface area is 144 Å². The van der Waals surface area contributed by atoms with Crippen LogP contribution in [0, 0.1) is 19.8 Å². The molecule has 0 unspecified atom stereocenters. The Balaban J connectivity index is 0.00000220. The highest BCUT2D eigenvalue weighted by Gasteiger charge is 2.20. The van der Waals surface area contributed by atoms with Crippen LogP contribution < -0.4 is 15.4 Å². The van der Waals surface area contributed by atoms with Gasteiger partial charge >= 0.3 is 0 Å². The van der Waals surface area contributed by atoms with Gasteiger partial charge in [0.15, 0.2) is 5.96 Å². The first-order chi connectivity index (χ1) is 9.70. The number of hydrogen-bond acceptors (Lipinski definition) is 2. The predicted octanol–water partition coefficient (Wildman–Crippen LogP) is 2.88. The lowest BCUT2D eigenvalue weighted by Crippen LogP contribution is -2.40. The molecule has 2 N–H and O–H groups in total. The predicted molar refractivity (Wildman–Crippen MR) is 98.9 cm³/mol. The molecule has 21 heavy (non-hydrogen) atoms. The van der Waals surface area contributed by atoms with Crippen LogP contribution in [0.15, 0.2) is 23.2 Å². The molecule has 0 heterocycles. The van der Waals surface area contributed by atoms with Crippen molar-refractivity contribution in [3.8, 4) is 5.75 Å². The molecular weight excluding hydrogens is 377 g/mol. The van der Waals surface area contributed by atoms with Crippen molar-refractivity contribution in [2.24, 2.45) is 10.9 Å². The number of ether oxygens (including phenoxy) is 1. The summed E-state index contributed by atoms with van der Waals surface area (Å²) in [6, 6.07) is 6.21. The van der Waals surface area contributed by atoms with Crippen LogP contribution in [0.3, 0.4) is 0 Å². The average Bonchev–Trinajstić information content (AvgIpc) is 3.25. The molecular formula is C16H26IN3O. The van der Waals surface area contributed by atoms with Crippen molar-refractivity contribution < 1.29 is 4.74 Å². The van der Waals surface area contributed by atoms with Crippen LogP contribution in [0.25, 0.3) is 0 Å². The normalized spacial score (nSPS) is 14.3. The van der Waals surface area contributed by atoms with Crippen molar-refractivity contribution in [2.45, 2.75) is 26.7 Å². The van der Waals surface area contributed by atoms with E-state index in [2.05, 4.69) is 47.7 Å². The number of aliphatic imine (C=N–C) groups is 1. The summed E-state index contributed by atoms with van der Waals surface area (Å²) in [6.45, 7) is 6.56. The number of benzene rings is 1. The van der Waals surface area contributed by atoms with E-state index in [1.54, 1.807) is 7.05 Å². The van der Waals surface area contributed by atoms with Crippen molar-refractivity contribution in [2.75, 3.05) is 26.7 Å². The minimum atomic E-state index is 0. The number of nitrogens with one attached hydrogen (secondary N) is 2. The van der Waals surface area contributed by atoms with Gasteiger partial charge in [-0.2, -0.15) is 0 Å². The molecule has 1 fully saturated rings. The monoisotopic (exact) mass is 403 g/mol. The molecule has 1 saturated carbocycles. The van der Waals surface area contributed by atoms with Crippen molar-refractivity contribution >= 4 is 29.9 Å². The standard InChI is InChI=1S/C16H25N3O.HI/c1-12-5-4-6-13(2)15(12)20-10-9-18-16(17-3)19-11-14-7-8-14;/h4-6,14H,7-11H2,1-3H3,(H2,17,18,19);1H. The Morgan fingerprint density at radius 2 is 1.90 bits per heavy atom. The topological polar surface area (TPSA) is 45.7 Å². The maximum Gasteiger partial charge on any atom is 0.191 e. The lowest BCUT2D eigenvalue weighted by atomic mass is 10.1. The van der Waals surface area contributed by atoms with E-state index in [0.29, 0.717) is 6.61 Å². The zero-order valence-electron chi connectivity index (χ0n) is 13.1. The minimum absolute atomic E-state index is 0. The number of rotatable bonds is 6. The first-order valence-electron chi connectivity index (χ1n) is 7.34. The summed E-state index contributed by atoms with van der Waals surface area (Å²) in [5, 5.41) is 6.61. The Morgan fingerprint density at radius 3 is 2.48 bits per heavy atom. The molecule has 1 aliphatic rings. The number of hydrogen-bond donors (Lipinski definition) is 2. The molecule has 1 aromatic rings. The zero-order chi connectivity index (χ0) is 14.4. The molecule has 4 nitrogen and oxygen atoms in total. The molecule has 0 spiro atoms. The second-order valence-corrected chi connectivity index (χ2v) is 5.39. The van der Waals surface area contributed by atoms with E-state index in [0.717, 1.165) is 30.7 Å². The van der Waals surface area contributed by atoms with Crippen molar-refractivity contribution in [1.82, 2.24) is 10.6 Å². The van der Waals surface area contributed by atoms with Gasteiger partial charge in [0.1, 0.15) is 12.4 Å². The number of guanidine groups is 1. The number of aryl methyl sites for hydroxylation is 2. The van der Waals surface area contributed by atoms with Crippen LogP contribution in [-0.4, -0.2) is 32.7 Å². The van der Waals surface area contributed by atoms with Gasteiger partial charge in [-0.1, -0.05) is 18.2 Å². The molecule has 5 heteroatoms. The van der Waals surface area contributed by atoms with Gasteiger partial charge in [0.25, 0.3) is 0 Å². The van der Waals surface area contributed by atoms with Crippen LogP contribution in [0.2, 0.25) is 0 Å². The summed E-state index contributed by atoms with van der Waals surface area (Å²) in [6.07, 6.45) is 2.69. The Bertz CT molecular complexity index is 452. The van der Waals surface area contributed by atoms with E-state index in [1.165, 1.54) is 24.0 Å². The SMILES string of the molecule is CN=C(NCCOc1c(C)cccc1C)NCC1CC1.I. The smallest absolute Gasteiger partial charge is 0.191 e. The molecule has 2 rings (SSSR count).